The average molecular weight is 223 g/mol. The van der Waals surface area contributed by atoms with E-state index in [1.165, 1.54) is 12.5 Å². The van der Waals surface area contributed by atoms with Crippen molar-refractivity contribution in [2.24, 2.45) is 7.05 Å². The molecule has 0 radical (unpaired) electrons. The number of aromatic nitrogens is 2. The molecular formula is C8H12F3N3O. The monoisotopic (exact) mass is 223 g/mol. The highest BCUT2D eigenvalue weighted by Gasteiger charge is 2.28. The van der Waals surface area contributed by atoms with E-state index in [1.54, 1.807) is 11.6 Å². The predicted molar refractivity (Wildman–Crippen MR) is 47.1 cm³/mol. The van der Waals surface area contributed by atoms with Gasteiger partial charge in [-0.05, 0) is 0 Å². The molecule has 1 rings (SSSR count). The normalized spacial score (nSPS) is 14.2. The Morgan fingerprint density at radius 1 is 1.60 bits per heavy atom. The molecule has 1 atom stereocenters. The number of imidazole rings is 1. The first-order chi connectivity index (χ1) is 6.94. The van der Waals surface area contributed by atoms with Gasteiger partial charge in [0.1, 0.15) is 0 Å². The Bertz CT molecular complexity index is 310. The van der Waals surface area contributed by atoms with E-state index in [2.05, 4.69) is 10.3 Å². The highest BCUT2D eigenvalue weighted by molar-refractivity contribution is 5.04. The minimum Gasteiger partial charge on any atom is -0.394 e. The number of aliphatic hydroxyl groups excluding tert-OH is 1. The minimum absolute atomic E-state index is 0.407. The van der Waals surface area contributed by atoms with Crippen LogP contribution in [0.2, 0.25) is 0 Å². The summed E-state index contributed by atoms with van der Waals surface area (Å²) in [5.74, 6) is 0. The number of halogens is 3. The van der Waals surface area contributed by atoms with Gasteiger partial charge in [0.25, 0.3) is 0 Å². The fourth-order valence-corrected chi connectivity index (χ4v) is 1.20. The summed E-state index contributed by atoms with van der Waals surface area (Å²) >= 11 is 0. The third-order valence-electron chi connectivity index (χ3n) is 1.94. The van der Waals surface area contributed by atoms with Crippen LogP contribution < -0.4 is 5.32 Å². The van der Waals surface area contributed by atoms with Gasteiger partial charge >= 0.3 is 6.18 Å². The summed E-state index contributed by atoms with van der Waals surface area (Å²) in [5.41, 5.74) is 0.516. The van der Waals surface area contributed by atoms with Crippen LogP contribution in [0.5, 0.6) is 0 Å². The summed E-state index contributed by atoms with van der Waals surface area (Å²) in [7, 11) is 1.65. The Morgan fingerprint density at radius 2 is 2.27 bits per heavy atom. The molecule has 0 fully saturated rings. The Kier molecular flexibility index (Phi) is 3.70. The SMILES string of the molecule is Cn1cncc1C(CO)NCC(F)(F)F. The summed E-state index contributed by atoms with van der Waals surface area (Å²) in [6.45, 7) is -1.54. The van der Waals surface area contributed by atoms with Crippen molar-refractivity contribution in [3.63, 3.8) is 0 Å². The maximum atomic E-state index is 11.9. The molecule has 0 saturated heterocycles. The molecule has 2 N–H and O–H groups in total. The van der Waals surface area contributed by atoms with Gasteiger partial charge in [-0.1, -0.05) is 0 Å². The maximum absolute atomic E-state index is 11.9. The fraction of sp³-hybridized carbons (Fsp3) is 0.625. The topological polar surface area (TPSA) is 50.1 Å². The van der Waals surface area contributed by atoms with Gasteiger partial charge in [0, 0.05) is 13.2 Å². The van der Waals surface area contributed by atoms with Crippen molar-refractivity contribution in [3.05, 3.63) is 18.2 Å². The molecule has 0 aliphatic carbocycles. The van der Waals surface area contributed by atoms with Gasteiger partial charge in [-0.2, -0.15) is 13.2 Å². The third-order valence-corrected chi connectivity index (χ3v) is 1.94. The van der Waals surface area contributed by atoms with E-state index in [0.29, 0.717) is 5.69 Å². The van der Waals surface area contributed by atoms with Gasteiger partial charge < -0.3 is 9.67 Å². The first-order valence-corrected chi connectivity index (χ1v) is 4.31. The van der Waals surface area contributed by atoms with Gasteiger partial charge in [0.05, 0.1) is 31.2 Å². The second-order valence-corrected chi connectivity index (χ2v) is 3.16. The number of aryl methyl sites for hydroxylation is 1. The van der Waals surface area contributed by atoms with E-state index in [1.807, 2.05) is 0 Å². The molecule has 7 heteroatoms. The van der Waals surface area contributed by atoms with Crippen molar-refractivity contribution in [1.29, 1.82) is 0 Å². The average Bonchev–Trinajstić information content (AvgIpc) is 2.52. The highest BCUT2D eigenvalue weighted by Crippen LogP contribution is 2.16. The summed E-state index contributed by atoms with van der Waals surface area (Å²) in [5, 5.41) is 11.2. The smallest absolute Gasteiger partial charge is 0.394 e. The van der Waals surface area contributed by atoms with E-state index in [4.69, 9.17) is 5.11 Å². The van der Waals surface area contributed by atoms with Crippen LogP contribution in [-0.4, -0.2) is 34.0 Å². The zero-order valence-corrected chi connectivity index (χ0v) is 8.12. The standard InChI is InChI=1S/C8H12F3N3O/c1-14-5-12-2-7(14)6(3-15)13-4-8(9,10)11/h2,5-6,13,15H,3-4H2,1H3. The van der Waals surface area contributed by atoms with Crippen molar-refractivity contribution in [3.8, 4) is 0 Å². The van der Waals surface area contributed by atoms with Crippen LogP contribution in [0.15, 0.2) is 12.5 Å². The van der Waals surface area contributed by atoms with Gasteiger partial charge in [0.15, 0.2) is 0 Å². The quantitative estimate of drug-likeness (QED) is 0.786. The molecule has 0 saturated carbocycles. The molecule has 0 spiro atoms. The zero-order chi connectivity index (χ0) is 11.5. The molecule has 1 unspecified atom stereocenters. The van der Waals surface area contributed by atoms with Crippen molar-refractivity contribution < 1.29 is 18.3 Å². The number of rotatable bonds is 4. The maximum Gasteiger partial charge on any atom is 0.401 e. The van der Waals surface area contributed by atoms with Crippen molar-refractivity contribution >= 4 is 0 Å². The molecule has 1 aromatic rings. The van der Waals surface area contributed by atoms with Gasteiger partial charge in [-0.15, -0.1) is 0 Å². The largest absolute Gasteiger partial charge is 0.401 e. The molecule has 4 nitrogen and oxygen atoms in total. The second kappa shape index (κ2) is 4.63. The van der Waals surface area contributed by atoms with E-state index < -0.39 is 25.4 Å². The van der Waals surface area contributed by atoms with Crippen molar-refractivity contribution in [2.45, 2.75) is 12.2 Å². The molecule has 0 bridgehead atoms. The Hall–Kier alpha value is -1.08. The van der Waals surface area contributed by atoms with E-state index in [0.717, 1.165) is 0 Å². The first kappa shape index (κ1) is 12.0. The summed E-state index contributed by atoms with van der Waals surface area (Å²) < 4.78 is 37.3. The Morgan fingerprint density at radius 3 is 2.67 bits per heavy atom. The highest BCUT2D eigenvalue weighted by atomic mass is 19.4. The third kappa shape index (κ3) is 3.52. The number of hydrogen-bond acceptors (Lipinski definition) is 3. The molecule has 1 aromatic heterocycles. The minimum atomic E-state index is -4.29. The predicted octanol–water partition coefficient (Wildman–Crippen LogP) is 0.605. The lowest BCUT2D eigenvalue weighted by molar-refractivity contribution is -0.126. The molecule has 15 heavy (non-hydrogen) atoms. The van der Waals surface area contributed by atoms with Gasteiger partial charge in [-0.25, -0.2) is 4.98 Å². The molecule has 0 amide bonds. The van der Waals surface area contributed by atoms with Crippen LogP contribution >= 0.6 is 0 Å². The lowest BCUT2D eigenvalue weighted by Gasteiger charge is -2.17. The van der Waals surface area contributed by atoms with E-state index in [9.17, 15) is 13.2 Å². The Labute approximate surface area is 84.7 Å². The number of nitrogens with one attached hydrogen (secondary N) is 1. The lowest BCUT2D eigenvalue weighted by atomic mass is 10.2. The first-order valence-electron chi connectivity index (χ1n) is 4.31. The summed E-state index contributed by atoms with van der Waals surface area (Å²) in [6.07, 6.45) is -1.40. The van der Waals surface area contributed by atoms with Crippen LogP contribution in [0.3, 0.4) is 0 Å². The summed E-state index contributed by atoms with van der Waals surface area (Å²) in [4.78, 5) is 3.77. The van der Waals surface area contributed by atoms with Crippen LogP contribution in [0.4, 0.5) is 13.2 Å². The molecular weight excluding hydrogens is 211 g/mol. The van der Waals surface area contributed by atoms with Gasteiger partial charge in [0.2, 0.25) is 0 Å². The Balaban J connectivity index is 2.61. The lowest BCUT2D eigenvalue weighted by Crippen LogP contribution is -2.34. The van der Waals surface area contributed by atoms with E-state index >= 15 is 0 Å². The van der Waals surface area contributed by atoms with E-state index in [-0.39, 0.29) is 0 Å². The molecule has 0 aliphatic heterocycles. The number of aliphatic hydroxyl groups is 1. The molecule has 0 aliphatic rings. The number of nitrogens with zero attached hydrogens (tertiary/aromatic N) is 2. The molecule has 1 heterocycles. The van der Waals surface area contributed by atoms with Crippen LogP contribution in [0.1, 0.15) is 11.7 Å². The molecule has 0 aromatic carbocycles. The number of alkyl halides is 3. The number of hydrogen-bond donors (Lipinski definition) is 2. The van der Waals surface area contributed by atoms with Gasteiger partial charge in [-0.3, -0.25) is 5.32 Å². The van der Waals surface area contributed by atoms with Crippen LogP contribution in [0, 0.1) is 0 Å². The summed E-state index contributed by atoms with van der Waals surface area (Å²) in [6, 6.07) is -0.751. The second-order valence-electron chi connectivity index (χ2n) is 3.16. The van der Waals surface area contributed by atoms with Crippen LogP contribution in [-0.2, 0) is 7.05 Å². The zero-order valence-electron chi connectivity index (χ0n) is 8.12. The van der Waals surface area contributed by atoms with Crippen molar-refractivity contribution in [1.82, 2.24) is 14.9 Å². The van der Waals surface area contributed by atoms with Crippen LogP contribution in [0.25, 0.3) is 0 Å². The van der Waals surface area contributed by atoms with Crippen molar-refractivity contribution in [2.75, 3.05) is 13.2 Å². The molecule has 86 valence electrons. The fourth-order valence-electron chi connectivity index (χ4n) is 1.20.